The summed E-state index contributed by atoms with van der Waals surface area (Å²) in [4.78, 5) is 25.2. The molecule has 0 bridgehead atoms. The van der Waals surface area contributed by atoms with Gasteiger partial charge in [-0.2, -0.15) is 0 Å². The SMILES string of the molecule is CCCC/C=C/CCCCCCCC(=O)OC[C@H](CO[C@@H]1O[C@H](CO)[C@H](O)C(O)C1O)OC(=O)CCCCCCCCC/C=C/C/C=C/CCCCC. The number of hydrogen-bond acceptors (Lipinski definition) is 10. The van der Waals surface area contributed by atoms with E-state index in [9.17, 15) is 30.0 Å². The normalized spacial score (nSPS) is 21.2. The number of esters is 2. The van der Waals surface area contributed by atoms with Gasteiger partial charge in [0, 0.05) is 12.8 Å². The summed E-state index contributed by atoms with van der Waals surface area (Å²) in [6.07, 6.45) is 30.1. The maximum Gasteiger partial charge on any atom is 0.306 e. The summed E-state index contributed by atoms with van der Waals surface area (Å²) in [7, 11) is 0. The average molecular weight is 753 g/mol. The fourth-order valence-corrected chi connectivity index (χ4v) is 6.08. The largest absolute Gasteiger partial charge is 0.462 e. The fraction of sp³-hybridized carbons (Fsp3) is 0.814. The van der Waals surface area contributed by atoms with E-state index in [2.05, 4.69) is 50.3 Å². The second kappa shape index (κ2) is 34.4. The van der Waals surface area contributed by atoms with Crippen LogP contribution in [0.4, 0.5) is 0 Å². The molecule has 10 heteroatoms. The van der Waals surface area contributed by atoms with Gasteiger partial charge in [0.1, 0.15) is 31.0 Å². The van der Waals surface area contributed by atoms with Crippen LogP contribution in [0, 0.1) is 0 Å². The van der Waals surface area contributed by atoms with Gasteiger partial charge < -0.3 is 39.4 Å². The van der Waals surface area contributed by atoms with E-state index in [0.29, 0.717) is 12.8 Å². The van der Waals surface area contributed by atoms with Crippen molar-refractivity contribution in [2.45, 2.75) is 205 Å². The molecule has 0 radical (unpaired) electrons. The van der Waals surface area contributed by atoms with Crippen molar-refractivity contribution in [3.63, 3.8) is 0 Å². The van der Waals surface area contributed by atoms with Gasteiger partial charge >= 0.3 is 11.9 Å². The summed E-state index contributed by atoms with van der Waals surface area (Å²) in [5, 5.41) is 40.0. The second-order valence-corrected chi connectivity index (χ2v) is 14.4. The van der Waals surface area contributed by atoms with E-state index in [4.69, 9.17) is 18.9 Å². The number of unbranched alkanes of at least 4 members (excludes halogenated alkanes) is 17. The molecule has 10 nitrogen and oxygen atoms in total. The smallest absolute Gasteiger partial charge is 0.306 e. The Balaban J connectivity index is 2.36. The van der Waals surface area contributed by atoms with Crippen LogP contribution in [0.2, 0.25) is 0 Å². The van der Waals surface area contributed by atoms with E-state index in [1.165, 1.54) is 57.8 Å². The molecule has 308 valence electrons. The van der Waals surface area contributed by atoms with Crippen LogP contribution in [0.25, 0.3) is 0 Å². The van der Waals surface area contributed by atoms with Gasteiger partial charge in [0.25, 0.3) is 0 Å². The van der Waals surface area contributed by atoms with Crippen molar-refractivity contribution < 1.29 is 49.0 Å². The monoisotopic (exact) mass is 753 g/mol. The molecule has 1 saturated heterocycles. The summed E-state index contributed by atoms with van der Waals surface area (Å²) in [6, 6.07) is 0. The Morgan fingerprint density at radius 2 is 1.08 bits per heavy atom. The van der Waals surface area contributed by atoms with Crippen molar-refractivity contribution in [3.8, 4) is 0 Å². The number of carbonyl (C=O) groups excluding carboxylic acids is 2. The lowest BCUT2D eigenvalue weighted by Crippen LogP contribution is -2.59. The molecule has 2 unspecified atom stereocenters. The van der Waals surface area contributed by atoms with Gasteiger partial charge in [0.15, 0.2) is 12.4 Å². The minimum absolute atomic E-state index is 0.219. The molecule has 1 fully saturated rings. The van der Waals surface area contributed by atoms with E-state index < -0.39 is 49.4 Å². The van der Waals surface area contributed by atoms with Crippen LogP contribution in [0.5, 0.6) is 0 Å². The summed E-state index contributed by atoms with van der Waals surface area (Å²) in [5.41, 5.74) is 0. The minimum Gasteiger partial charge on any atom is -0.462 e. The van der Waals surface area contributed by atoms with Gasteiger partial charge in [-0.3, -0.25) is 9.59 Å². The first kappa shape index (κ1) is 48.9. The van der Waals surface area contributed by atoms with Crippen LogP contribution >= 0.6 is 0 Å². The number of hydrogen-bond donors (Lipinski definition) is 4. The van der Waals surface area contributed by atoms with Crippen LogP contribution in [0.3, 0.4) is 0 Å². The second-order valence-electron chi connectivity index (χ2n) is 14.4. The van der Waals surface area contributed by atoms with Gasteiger partial charge in [-0.1, -0.05) is 127 Å². The third kappa shape index (κ3) is 26.4. The summed E-state index contributed by atoms with van der Waals surface area (Å²) >= 11 is 0. The van der Waals surface area contributed by atoms with Crippen molar-refractivity contribution in [2.75, 3.05) is 19.8 Å². The van der Waals surface area contributed by atoms with Crippen molar-refractivity contribution in [3.05, 3.63) is 36.5 Å². The molecular weight excluding hydrogens is 676 g/mol. The molecule has 1 heterocycles. The van der Waals surface area contributed by atoms with Crippen LogP contribution in [-0.2, 0) is 28.5 Å². The Labute approximate surface area is 321 Å². The summed E-state index contributed by atoms with van der Waals surface area (Å²) in [5.74, 6) is -0.828. The Bertz CT molecular complexity index is 965. The van der Waals surface area contributed by atoms with Gasteiger partial charge in [-0.05, 0) is 64.2 Å². The molecule has 1 rings (SSSR count). The summed E-state index contributed by atoms with van der Waals surface area (Å²) in [6.45, 7) is 3.33. The highest BCUT2D eigenvalue weighted by Crippen LogP contribution is 2.22. The molecule has 1 aliphatic rings. The maximum absolute atomic E-state index is 12.7. The number of allylic oxidation sites excluding steroid dienone is 6. The number of aliphatic hydroxyl groups is 4. The molecular formula is C43H76O10. The molecule has 1 aliphatic heterocycles. The molecule has 0 aromatic heterocycles. The predicted molar refractivity (Wildman–Crippen MR) is 210 cm³/mol. The third-order valence-corrected chi connectivity index (χ3v) is 9.50. The Morgan fingerprint density at radius 3 is 1.64 bits per heavy atom. The van der Waals surface area contributed by atoms with Crippen LogP contribution in [0.1, 0.15) is 168 Å². The lowest BCUT2D eigenvalue weighted by atomic mass is 9.99. The van der Waals surface area contributed by atoms with E-state index in [-0.39, 0.29) is 32.0 Å². The van der Waals surface area contributed by atoms with Crippen molar-refractivity contribution in [1.82, 2.24) is 0 Å². The fourth-order valence-electron chi connectivity index (χ4n) is 6.08. The highest BCUT2D eigenvalue weighted by molar-refractivity contribution is 5.70. The topological polar surface area (TPSA) is 152 Å². The first-order valence-electron chi connectivity index (χ1n) is 21.1. The molecule has 6 atom stereocenters. The number of rotatable bonds is 34. The average Bonchev–Trinajstić information content (AvgIpc) is 3.15. The lowest BCUT2D eigenvalue weighted by Gasteiger charge is -2.39. The zero-order chi connectivity index (χ0) is 38.8. The standard InChI is InChI=1S/C43H76O10/c1-3-5-7-9-11-13-15-16-17-18-19-20-22-24-26-28-30-32-39(46)52-36(35-51-43-42(49)41(48)40(47)37(33-44)53-43)34-50-38(45)31-29-27-25-23-21-14-12-10-8-6-4-2/h10-13,16-17,36-37,40-44,47-49H,3-9,14-15,18-35H2,1-2H3/b12-10+,13-11+,17-16+/t36-,37-,40+,41?,42?,43-/m1/s1. The van der Waals surface area contributed by atoms with Crippen molar-refractivity contribution >= 4 is 11.9 Å². The molecule has 0 spiro atoms. The van der Waals surface area contributed by atoms with Crippen LogP contribution < -0.4 is 0 Å². The summed E-state index contributed by atoms with van der Waals surface area (Å²) < 4.78 is 22.1. The molecule has 0 aromatic carbocycles. The first-order valence-corrected chi connectivity index (χ1v) is 21.1. The Morgan fingerprint density at radius 1 is 0.585 bits per heavy atom. The molecule has 0 saturated carbocycles. The highest BCUT2D eigenvalue weighted by Gasteiger charge is 2.44. The van der Waals surface area contributed by atoms with Crippen molar-refractivity contribution in [2.24, 2.45) is 0 Å². The minimum atomic E-state index is -1.60. The van der Waals surface area contributed by atoms with Gasteiger partial charge in [0.2, 0.25) is 0 Å². The lowest BCUT2D eigenvalue weighted by molar-refractivity contribution is -0.305. The Hall–Kier alpha value is -2.08. The predicted octanol–water partition coefficient (Wildman–Crippen LogP) is 8.33. The van der Waals surface area contributed by atoms with Gasteiger partial charge in [-0.25, -0.2) is 0 Å². The quantitative estimate of drug-likeness (QED) is 0.0287. The molecule has 0 aromatic rings. The highest BCUT2D eigenvalue weighted by atomic mass is 16.7. The number of aliphatic hydroxyl groups excluding tert-OH is 4. The molecule has 0 amide bonds. The number of carbonyl (C=O) groups is 2. The van der Waals surface area contributed by atoms with Crippen molar-refractivity contribution in [1.29, 1.82) is 0 Å². The molecule has 0 aliphatic carbocycles. The molecule has 53 heavy (non-hydrogen) atoms. The molecule has 4 N–H and O–H groups in total. The van der Waals surface area contributed by atoms with E-state index in [1.54, 1.807) is 0 Å². The van der Waals surface area contributed by atoms with Gasteiger partial charge in [0.05, 0.1) is 13.2 Å². The van der Waals surface area contributed by atoms with E-state index in [0.717, 1.165) is 70.6 Å². The van der Waals surface area contributed by atoms with Crippen LogP contribution in [0.15, 0.2) is 36.5 Å². The first-order chi connectivity index (χ1) is 25.8. The van der Waals surface area contributed by atoms with E-state index in [1.807, 2.05) is 0 Å². The number of ether oxygens (including phenoxy) is 4. The zero-order valence-corrected chi connectivity index (χ0v) is 33.3. The zero-order valence-electron chi connectivity index (χ0n) is 33.3. The third-order valence-electron chi connectivity index (χ3n) is 9.50. The van der Waals surface area contributed by atoms with Gasteiger partial charge in [-0.15, -0.1) is 0 Å². The van der Waals surface area contributed by atoms with Crippen LogP contribution in [-0.4, -0.2) is 89.0 Å². The Kier molecular flexibility index (Phi) is 31.8. The van der Waals surface area contributed by atoms with E-state index >= 15 is 0 Å². The maximum atomic E-state index is 12.7.